The molecule has 0 N–H and O–H groups in total. The lowest BCUT2D eigenvalue weighted by atomic mass is 10.1. The van der Waals surface area contributed by atoms with Crippen LogP contribution in [0.1, 0.15) is 39.0 Å². The first-order valence-corrected chi connectivity index (χ1v) is 12.8. The van der Waals surface area contributed by atoms with Crippen molar-refractivity contribution in [3.63, 3.8) is 0 Å². The van der Waals surface area contributed by atoms with Crippen molar-refractivity contribution in [1.82, 2.24) is 14.9 Å². The first-order valence-electron chi connectivity index (χ1n) is 11.9. The smallest absolute Gasteiger partial charge is 0.268 e. The van der Waals surface area contributed by atoms with Crippen molar-refractivity contribution >= 4 is 28.8 Å². The van der Waals surface area contributed by atoms with Gasteiger partial charge in [0.1, 0.15) is 17.3 Å². The maximum Gasteiger partial charge on any atom is 0.268 e. The topological polar surface area (TPSA) is 75.6 Å². The Labute approximate surface area is 203 Å². The number of nitrogens with zero attached hydrogens (tertiary/aromatic N) is 4. The number of pyridine rings is 1. The van der Waals surface area contributed by atoms with E-state index in [0.717, 1.165) is 60.7 Å². The van der Waals surface area contributed by atoms with E-state index < -0.39 is 6.10 Å². The van der Waals surface area contributed by atoms with Crippen molar-refractivity contribution in [2.45, 2.75) is 45.1 Å². The fraction of sp³-hybridized carbons (Fsp3) is 0.385. The van der Waals surface area contributed by atoms with Gasteiger partial charge in [-0.05, 0) is 49.6 Å². The SMILES string of the molecule is CCC1Oc2ccc(-c3csc(-c4ccccn4)n3)cc2N(CC(=O)N2CCCCCC2)C1=O. The summed E-state index contributed by atoms with van der Waals surface area (Å²) in [6.07, 6.45) is 6.06. The number of ether oxygens (including phenoxy) is 1. The summed E-state index contributed by atoms with van der Waals surface area (Å²) in [4.78, 5) is 39.1. The number of amides is 2. The van der Waals surface area contributed by atoms with Gasteiger partial charge in [0.2, 0.25) is 5.91 Å². The second-order valence-electron chi connectivity index (χ2n) is 8.67. The largest absolute Gasteiger partial charge is 0.478 e. The van der Waals surface area contributed by atoms with E-state index in [9.17, 15) is 9.59 Å². The molecule has 5 rings (SSSR count). The molecule has 1 unspecified atom stereocenters. The van der Waals surface area contributed by atoms with Gasteiger partial charge in [0, 0.05) is 30.2 Å². The maximum atomic E-state index is 13.3. The van der Waals surface area contributed by atoms with E-state index in [1.54, 1.807) is 11.1 Å². The number of rotatable bonds is 5. The second-order valence-corrected chi connectivity index (χ2v) is 9.53. The summed E-state index contributed by atoms with van der Waals surface area (Å²) >= 11 is 1.53. The highest BCUT2D eigenvalue weighted by molar-refractivity contribution is 7.13. The Morgan fingerprint density at radius 2 is 1.94 bits per heavy atom. The lowest BCUT2D eigenvalue weighted by molar-refractivity contribution is -0.133. The lowest BCUT2D eigenvalue weighted by Gasteiger charge is -2.35. The summed E-state index contributed by atoms with van der Waals surface area (Å²) in [5.74, 6) is 0.455. The van der Waals surface area contributed by atoms with Crippen LogP contribution in [0.2, 0.25) is 0 Å². The van der Waals surface area contributed by atoms with Crippen LogP contribution >= 0.6 is 11.3 Å². The molecule has 2 aromatic heterocycles. The van der Waals surface area contributed by atoms with Crippen molar-refractivity contribution in [3.05, 3.63) is 48.0 Å². The molecular formula is C26H28N4O3S. The number of benzene rings is 1. The number of anilines is 1. The molecular weight excluding hydrogens is 448 g/mol. The third-order valence-corrected chi connectivity index (χ3v) is 7.23. The van der Waals surface area contributed by atoms with Gasteiger partial charge in [0.25, 0.3) is 5.91 Å². The Bertz CT molecular complexity index is 1170. The molecule has 4 heterocycles. The van der Waals surface area contributed by atoms with Crippen LogP contribution in [0.4, 0.5) is 5.69 Å². The van der Waals surface area contributed by atoms with Crippen LogP contribution in [0, 0.1) is 0 Å². The van der Waals surface area contributed by atoms with Crippen LogP contribution in [0.25, 0.3) is 22.0 Å². The zero-order chi connectivity index (χ0) is 23.5. The van der Waals surface area contributed by atoms with Gasteiger partial charge in [-0.15, -0.1) is 11.3 Å². The molecule has 8 heteroatoms. The van der Waals surface area contributed by atoms with E-state index in [2.05, 4.69) is 4.98 Å². The minimum absolute atomic E-state index is 0.00514. The summed E-state index contributed by atoms with van der Waals surface area (Å²) in [7, 11) is 0. The molecule has 176 valence electrons. The average Bonchev–Trinajstić information content (AvgIpc) is 3.21. The highest BCUT2D eigenvalue weighted by atomic mass is 32.1. The first-order chi connectivity index (χ1) is 16.6. The zero-order valence-electron chi connectivity index (χ0n) is 19.3. The van der Waals surface area contributed by atoms with Crippen molar-refractivity contribution in [2.75, 3.05) is 24.5 Å². The Kier molecular flexibility index (Phi) is 6.58. The molecule has 2 aliphatic heterocycles. The normalized spacial score (nSPS) is 18.3. The molecule has 34 heavy (non-hydrogen) atoms. The van der Waals surface area contributed by atoms with Gasteiger partial charge in [0.15, 0.2) is 6.10 Å². The molecule has 0 saturated carbocycles. The van der Waals surface area contributed by atoms with Crippen molar-refractivity contribution in [3.8, 4) is 27.7 Å². The Morgan fingerprint density at radius 3 is 2.68 bits per heavy atom. The number of hydrogen-bond acceptors (Lipinski definition) is 6. The molecule has 3 aromatic rings. The van der Waals surface area contributed by atoms with Crippen LogP contribution in [-0.2, 0) is 9.59 Å². The van der Waals surface area contributed by atoms with Crippen LogP contribution in [0.15, 0.2) is 48.0 Å². The molecule has 1 fully saturated rings. The molecule has 1 saturated heterocycles. The molecule has 1 atom stereocenters. The summed E-state index contributed by atoms with van der Waals surface area (Å²) < 4.78 is 5.99. The molecule has 1 aromatic carbocycles. The molecule has 0 bridgehead atoms. The highest BCUT2D eigenvalue weighted by Crippen LogP contribution is 2.39. The molecule has 0 spiro atoms. The number of hydrogen-bond donors (Lipinski definition) is 0. The fourth-order valence-electron chi connectivity index (χ4n) is 4.47. The van der Waals surface area contributed by atoms with Crippen molar-refractivity contribution in [2.24, 2.45) is 0 Å². The number of likely N-dealkylation sites (tertiary alicyclic amines) is 1. The van der Waals surface area contributed by atoms with Gasteiger partial charge in [0.05, 0.1) is 17.1 Å². The van der Waals surface area contributed by atoms with Crippen LogP contribution in [-0.4, -0.2) is 52.4 Å². The summed E-state index contributed by atoms with van der Waals surface area (Å²) in [5.41, 5.74) is 3.13. The van der Waals surface area contributed by atoms with Gasteiger partial charge < -0.3 is 9.64 Å². The first kappa shape index (κ1) is 22.5. The highest BCUT2D eigenvalue weighted by Gasteiger charge is 2.35. The van der Waals surface area contributed by atoms with Gasteiger partial charge in [-0.2, -0.15) is 0 Å². The van der Waals surface area contributed by atoms with Crippen LogP contribution < -0.4 is 9.64 Å². The minimum Gasteiger partial charge on any atom is -0.478 e. The standard InChI is InChI=1S/C26H28N4O3S/c1-2-22-26(32)30(16-24(31)29-13-7-3-4-8-14-29)21-15-18(10-11-23(21)33-22)20-17-34-25(28-20)19-9-5-6-12-27-19/h5-6,9-12,15,17,22H,2-4,7-8,13-14,16H2,1H3. The average molecular weight is 477 g/mol. The van der Waals surface area contributed by atoms with E-state index in [1.807, 2.05) is 53.6 Å². The predicted molar refractivity (Wildman–Crippen MR) is 133 cm³/mol. The van der Waals surface area contributed by atoms with Gasteiger partial charge in [-0.1, -0.05) is 25.8 Å². The van der Waals surface area contributed by atoms with Crippen molar-refractivity contribution in [1.29, 1.82) is 0 Å². The monoisotopic (exact) mass is 476 g/mol. The van der Waals surface area contributed by atoms with E-state index in [4.69, 9.17) is 9.72 Å². The van der Waals surface area contributed by atoms with E-state index >= 15 is 0 Å². The quantitative estimate of drug-likeness (QED) is 0.530. The molecule has 0 radical (unpaired) electrons. The third kappa shape index (κ3) is 4.55. The summed E-state index contributed by atoms with van der Waals surface area (Å²) in [6, 6.07) is 11.5. The van der Waals surface area contributed by atoms with E-state index in [-0.39, 0.29) is 18.4 Å². The predicted octanol–water partition coefficient (Wildman–Crippen LogP) is 4.78. The zero-order valence-corrected chi connectivity index (χ0v) is 20.1. The summed E-state index contributed by atoms with van der Waals surface area (Å²) in [6.45, 7) is 3.48. The number of carbonyl (C=O) groups is 2. The van der Waals surface area contributed by atoms with E-state index in [0.29, 0.717) is 17.9 Å². The van der Waals surface area contributed by atoms with Crippen molar-refractivity contribution < 1.29 is 14.3 Å². The molecule has 0 aliphatic carbocycles. The molecule has 2 aliphatic rings. The Balaban J connectivity index is 1.45. The minimum atomic E-state index is -0.578. The van der Waals surface area contributed by atoms with Crippen LogP contribution in [0.5, 0.6) is 5.75 Å². The second kappa shape index (κ2) is 9.93. The number of thiazole rings is 1. The number of fused-ring (bicyclic) bond motifs is 1. The Morgan fingerprint density at radius 1 is 1.12 bits per heavy atom. The maximum absolute atomic E-state index is 13.3. The molecule has 7 nitrogen and oxygen atoms in total. The molecule has 2 amide bonds. The van der Waals surface area contributed by atoms with Gasteiger partial charge >= 0.3 is 0 Å². The fourth-order valence-corrected chi connectivity index (χ4v) is 5.28. The summed E-state index contributed by atoms with van der Waals surface area (Å²) in [5, 5.41) is 2.82. The van der Waals surface area contributed by atoms with E-state index in [1.165, 1.54) is 11.3 Å². The Hall–Kier alpha value is -3.26. The van der Waals surface area contributed by atoms with Crippen LogP contribution in [0.3, 0.4) is 0 Å². The number of carbonyl (C=O) groups excluding carboxylic acids is 2. The third-order valence-electron chi connectivity index (χ3n) is 6.37. The number of aromatic nitrogens is 2. The van der Waals surface area contributed by atoms with Gasteiger partial charge in [-0.25, -0.2) is 4.98 Å². The lowest BCUT2D eigenvalue weighted by Crippen LogP contribution is -2.50. The van der Waals surface area contributed by atoms with Gasteiger partial charge in [-0.3, -0.25) is 19.5 Å².